The van der Waals surface area contributed by atoms with E-state index < -0.39 is 23.3 Å². The van der Waals surface area contributed by atoms with Crippen molar-refractivity contribution in [1.82, 2.24) is 0 Å². The molecule has 1 aromatic heterocycles. The van der Waals surface area contributed by atoms with Crippen molar-refractivity contribution in [3.63, 3.8) is 0 Å². The molecule has 0 radical (unpaired) electrons. The summed E-state index contributed by atoms with van der Waals surface area (Å²) in [5, 5.41) is 11.7. The summed E-state index contributed by atoms with van der Waals surface area (Å²) >= 11 is 1.03. The Kier molecular flexibility index (Phi) is 5.23. The quantitative estimate of drug-likeness (QED) is 0.468. The van der Waals surface area contributed by atoms with Gasteiger partial charge in [0.25, 0.3) is 5.78 Å². The van der Waals surface area contributed by atoms with Gasteiger partial charge in [-0.05, 0) is 42.5 Å². The molecule has 1 N–H and O–H groups in total. The number of aliphatic hydroxyl groups excluding tert-OH is 1. The second kappa shape index (κ2) is 7.00. The van der Waals surface area contributed by atoms with Gasteiger partial charge in [-0.3, -0.25) is 9.79 Å². The molecular formula is C17H14F3NO2S. The Morgan fingerprint density at radius 1 is 1.25 bits per heavy atom. The predicted molar refractivity (Wildman–Crippen MR) is 89.0 cm³/mol. The summed E-state index contributed by atoms with van der Waals surface area (Å²) in [5.41, 5.74) is 1.17. The van der Waals surface area contributed by atoms with Crippen molar-refractivity contribution >= 4 is 34.8 Å². The standard InChI is InChI=1S/C17H14F3NO2S/c1-10-5-6-11(2)13(8-10)21-9-12(16(23)17(18,19)20)15(22)14-4-3-7-24-14/h3-9,22H,1-2H3. The second-order valence-corrected chi connectivity index (χ2v) is 6.06. The number of rotatable bonds is 4. The van der Waals surface area contributed by atoms with Crippen LogP contribution in [0.1, 0.15) is 16.0 Å². The summed E-state index contributed by atoms with van der Waals surface area (Å²) in [5.74, 6) is -2.87. The third-order valence-electron chi connectivity index (χ3n) is 3.21. The van der Waals surface area contributed by atoms with Gasteiger partial charge in [0.15, 0.2) is 0 Å². The first kappa shape index (κ1) is 17.9. The van der Waals surface area contributed by atoms with Crippen molar-refractivity contribution in [2.75, 3.05) is 0 Å². The average Bonchev–Trinajstić information content (AvgIpc) is 3.03. The maximum atomic E-state index is 12.8. The maximum absolute atomic E-state index is 12.8. The van der Waals surface area contributed by atoms with Crippen LogP contribution in [0.5, 0.6) is 0 Å². The molecule has 24 heavy (non-hydrogen) atoms. The highest BCUT2D eigenvalue weighted by Crippen LogP contribution is 2.28. The van der Waals surface area contributed by atoms with E-state index in [0.717, 1.165) is 28.7 Å². The van der Waals surface area contributed by atoms with Crippen LogP contribution in [0.15, 0.2) is 46.3 Å². The van der Waals surface area contributed by atoms with Crippen LogP contribution in [-0.4, -0.2) is 23.3 Å². The maximum Gasteiger partial charge on any atom is 0.455 e. The molecule has 0 unspecified atom stereocenters. The Morgan fingerprint density at radius 3 is 2.54 bits per heavy atom. The molecule has 0 fully saturated rings. The summed E-state index contributed by atoms with van der Waals surface area (Å²) in [6, 6.07) is 8.29. The van der Waals surface area contributed by atoms with Crippen LogP contribution in [0.3, 0.4) is 0 Å². The molecule has 2 aromatic rings. The second-order valence-electron chi connectivity index (χ2n) is 5.11. The molecule has 0 atom stereocenters. The van der Waals surface area contributed by atoms with Gasteiger partial charge in [0.2, 0.25) is 0 Å². The number of ketones is 1. The van der Waals surface area contributed by atoms with E-state index in [1.807, 2.05) is 13.0 Å². The highest BCUT2D eigenvalue weighted by Gasteiger charge is 2.41. The molecule has 0 saturated heterocycles. The Bertz CT molecular complexity index is 806. The zero-order valence-corrected chi connectivity index (χ0v) is 13.7. The van der Waals surface area contributed by atoms with Gasteiger partial charge in [-0.15, -0.1) is 11.3 Å². The minimum atomic E-state index is -5.10. The van der Waals surface area contributed by atoms with E-state index >= 15 is 0 Å². The van der Waals surface area contributed by atoms with Crippen LogP contribution in [0, 0.1) is 13.8 Å². The lowest BCUT2D eigenvalue weighted by Gasteiger charge is -2.08. The minimum Gasteiger partial charge on any atom is -0.506 e. The SMILES string of the molecule is Cc1ccc(C)c(N=CC(C(=O)C(F)(F)F)=C(O)c2cccs2)c1. The van der Waals surface area contributed by atoms with Crippen LogP contribution < -0.4 is 0 Å². The van der Waals surface area contributed by atoms with Crippen molar-refractivity contribution in [2.24, 2.45) is 4.99 Å². The summed E-state index contributed by atoms with van der Waals surface area (Å²) in [7, 11) is 0. The van der Waals surface area contributed by atoms with Crippen molar-refractivity contribution in [2.45, 2.75) is 20.0 Å². The number of carbonyl (C=O) groups excluding carboxylic acids is 1. The predicted octanol–water partition coefficient (Wildman–Crippen LogP) is 5.17. The molecule has 1 heterocycles. The average molecular weight is 353 g/mol. The van der Waals surface area contributed by atoms with E-state index in [1.165, 1.54) is 6.07 Å². The van der Waals surface area contributed by atoms with Crippen molar-refractivity contribution in [3.8, 4) is 0 Å². The summed E-state index contributed by atoms with van der Waals surface area (Å²) in [4.78, 5) is 15.8. The van der Waals surface area contributed by atoms with Gasteiger partial charge in [0.1, 0.15) is 5.76 Å². The van der Waals surface area contributed by atoms with Gasteiger partial charge in [-0.1, -0.05) is 18.2 Å². The third-order valence-corrected chi connectivity index (χ3v) is 4.09. The van der Waals surface area contributed by atoms with Gasteiger partial charge in [-0.25, -0.2) is 0 Å². The van der Waals surface area contributed by atoms with E-state index in [1.54, 1.807) is 30.5 Å². The zero-order valence-electron chi connectivity index (χ0n) is 12.9. The molecule has 3 nitrogen and oxygen atoms in total. The summed E-state index contributed by atoms with van der Waals surface area (Å²) in [6.07, 6.45) is -4.33. The number of aliphatic hydroxyl groups is 1. The van der Waals surface area contributed by atoms with Crippen LogP contribution in [0.4, 0.5) is 18.9 Å². The number of nitrogens with zero attached hydrogens (tertiary/aromatic N) is 1. The van der Waals surface area contributed by atoms with E-state index in [4.69, 9.17) is 0 Å². The van der Waals surface area contributed by atoms with Gasteiger partial charge >= 0.3 is 6.18 Å². The number of thiophene rings is 1. The van der Waals surface area contributed by atoms with E-state index in [9.17, 15) is 23.1 Å². The van der Waals surface area contributed by atoms with Crippen molar-refractivity contribution in [1.29, 1.82) is 0 Å². The molecule has 0 spiro atoms. The molecule has 0 aliphatic carbocycles. The summed E-state index contributed by atoms with van der Waals surface area (Å²) < 4.78 is 38.5. The molecule has 126 valence electrons. The van der Waals surface area contributed by atoms with Gasteiger partial charge in [-0.2, -0.15) is 13.2 Å². The molecule has 0 aliphatic heterocycles. The number of hydrogen-bond donors (Lipinski definition) is 1. The molecule has 7 heteroatoms. The fourth-order valence-corrected chi connectivity index (χ4v) is 2.60. The van der Waals surface area contributed by atoms with Crippen LogP contribution >= 0.6 is 11.3 Å². The highest BCUT2D eigenvalue weighted by molar-refractivity contribution is 7.11. The fourth-order valence-electron chi connectivity index (χ4n) is 1.92. The molecule has 0 bridgehead atoms. The number of allylic oxidation sites excluding steroid dienone is 1. The molecule has 0 amide bonds. The van der Waals surface area contributed by atoms with E-state index in [2.05, 4.69) is 4.99 Å². The lowest BCUT2D eigenvalue weighted by Crippen LogP contribution is -2.26. The highest BCUT2D eigenvalue weighted by atomic mass is 32.1. The number of aliphatic imine (C=N–C) groups is 1. The smallest absolute Gasteiger partial charge is 0.455 e. The normalized spacial score (nSPS) is 13.2. The zero-order chi connectivity index (χ0) is 17.9. The van der Waals surface area contributed by atoms with Gasteiger partial charge in [0, 0.05) is 6.21 Å². The first-order chi connectivity index (χ1) is 11.2. The Hall–Kier alpha value is -2.41. The minimum absolute atomic E-state index is 0.162. The molecule has 1 aromatic carbocycles. The number of alkyl halides is 3. The fraction of sp³-hybridized carbons (Fsp3) is 0.176. The van der Waals surface area contributed by atoms with Crippen LogP contribution in [-0.2, 0) is 4.79 Å². The Morgan fingerprint density at radius 2 is 1.96 bits per heavy atom. The van der Waals surface area contributed by atoms with Crippen molar-refractivity contribution in [3.05, 3.63) is 57.3 Å². The first-order valence-corrected chi connectivity index (χ1v) is 7.78. The number of hydrogen-bond acceptors (Lipinski definition) is 4. The van der Waals surface area contributed by atoms with Crippen LogP contribution in [0.2, 0.25) is 0 Å². The Labute approximate surface area is 140 Å². The number of halogens is 3. The van der Waals surface area contributed by atoms with E-state index in [-0.39, 0.29) is 4.88 Å². The summed E-state index contributed by atoms with van der Waals surface area (Å²) in [6.45, 7) is 3.57. The largest absolute Gasteiger partial charge is 0.506 e. The molecule has 2 rings (SSSR count). The van der Waals surface area contributed by atoms with Crippen molar-refractivity contribution < 1.29 is 23.1 Å². The molecule has 0 aliphatic rings. The lowest BCUT2D eigenvalue weighted by molar-refractivity contribution is -0.165. The number of Topliss-reactive ketones (excluding diaryl/α,β-unsaturated/α-hetero) is 1. The van der Waals surface area contributed by atoms with Gasteiger partial charge < -0.3 is 5.11 Å². The monoisotopic (exact) mass is 353 g/mol. The number of aryl methyl sites for hydroxylation is 2. The molecular weight excluding hydrogens is 339 g/mol. The Balaban J connectivity index is 2.52. The lowest BCUT2D eigenvalue weighted by atomic mass is 10.1. The first-order valence-electron chi connectivity index (χ1n) is 6.90. The number of benzene rings is 1. The topological polar surface area (TPSA) is 49.7 Å². The third kappa shape index (κ3) is 4.11. The number of carbonyl (C=O) groups is 1. The van der Waals surface area contributed by atoms with Gasteiger partial charge in [0.05, 0.1) is 16.1 Å². The van der Waals surface area contributed by atoms with Crippen LogP contribution in [0.25, 0.3) is 5.76 Å². The molecule has 0 saturated carbocycles. The van der Waals surface area contributed by atoms with E-state index in [0.29, 0.717) is 5.69 Å².